The van der Waals surface area contributed by atoms with Crippen LogP contribution < -0.4 is 0 Å². The zero-order valence-corrected chi connectivity index (χ0v) is 19.5. The summed E-state index contributed by atoms with van der Waals surface area (Å²) >= 11 is 0. The van der Waals surface area contributed by atoms with Gasteiger partial charge in [-0.1, -0.05) is 50.5 Å². The summed E-state index contributed by atoms with van der Waals surface area (Å²) in [5.74, 6) is 0. The SMILES string of the molecule is CCC/C=C\CCCCCC/C=C\CCCCC(O)(C[N+](C)(C)C)P(=O)(O)O. The first kappa shape index (κ1) is 27.5. The summed E-state index contributed by atoms with van der Waals surface area (Å²) in [7, 11) is 0.923. The Kier molecular flexibility index (Phi) is 14.3. The van der Waals surface area contributed by atoms with Crippen LogP contribution in [-0.4, -0.2) is 52.4 Å². The molecule has 0 aromatic carbocycles. The topological polar surface area (TPSA) is 77.8 Å². The maximum absolute atomic E-state index is 11.7. The van der Waals surface area contributed by atoms with Crippen molar-refractivity contribution in [3.63, 3.8) is 0 Å². The average molecular weight is 419 g/mol. The Hall–Kier alpha value is -0.450. The third-order valence-corrected chi connectivity index (χ3v) is 6.20. The molecule has 0 aromatic rings. The number of hydrogen-bond acceptors (Lipinski definition) is 2. The lowest BCUT2D eigenvalue weighted by Gasteiger charge is -2.35. The predicted octanol–water partition coefficient (Wildman–Crippen LogP) is 5.37. The van der Waals surface area contributed by atoms with Gasteiger partial charge in [-0.3, -0.25) is 4.57 Å². The maximum Gasteiger partial charge on any atom is 0.362 e. The number of quaternary nitrogens is 1. The number of likely N-dealkylation sites (N-methyl/N-ethyl adjacent to an activating group) is 1. The van der Waals surface area contributed by atoms with Gasteiger partial charge in [-0.25, -0.2) is 0 Å². The molecule has 6 heteroatoms. The van der Waals surface area contributed by atoms with Crippen molar-refractivity contribution in [2.24, 2.45) is 0 Å². The van der Waals surface area contributed by atoms with Gasteiger partial charge in [0, 0.05) is 0 Å². The fourth-order valence-electron chi connectivity index (χ4n) is 3.26. The highest BCUT2D eigenvalue weighted by Crippen LogP contribution is 2.52. The van der Waals surface area contributed by atoms with Crippen molar-refractivity contribution in [3.8, 4) is 0 Å². The Balaban J connectivity index is 3.84. The molecule has 0 heterocycles. The first-order chi connectivity index (χ1) is 13.0. The van der Waals surface area contributed by atoms with Gasteiger partial charge in [-0.2, -0.15) is 0 Å². The first-order valence-corrected chi connectivity index (χ1v) is 12.5. The van der Waals surface area contributed by atoms with Crippen LogP contribution in [0.2, 0.25) is 0 Å². The fourth-order valence-corrected chi connectivity index (χ4v) is 4.32. The molecule has 1 unspecified atom stereocenters. The molecule has 0 bridgehead atoms. The van der Waals surface area contributed by atoms with Gasteiger partial charge in [0.05, 0.1) is 21.1 Å². The number of hydrogen-bond donors (Lipinski definition) is 3. The normalized spacial score (nSPS) is 15.5. The van der Waals surface area contributed by atoms with Crippen LogP contribution in [0.1, 0.15) is 84.0 Å². The standard InChI is InChI=1S/C22H44NO4P/c1-5-6-7-8-9-10-11-12-13-14-15-16-17-18-19-20-22(24,28(25,26)27)21-23(2,3)4/h7-8,15-16,24H,5-6,9-14,17-21H2,1-4H3,(H-,25,26,27)/p+1/b8-7-,16-15-. The van der Waals surface area contributed by atoms with Gasteiger partial charge in [0.15, 0.2) is 0 Å². The second-order valence-corrected chi connectivity index (χ2v) is 10.9. The third kappa shape index (κ3) is 14.5. The number of unbranched alkanes of at least 4 members (excludes halogenated alkanes) is 8. The molecule has 0 aliphatic rings. The molecule has 0 fully saturated rings. The van der Waals surface area contributed by atoms with E-state index in [4.69, 9.17) is 0 Å². The van der Waals surface area contributed by atoms with Crippen LogP contribution in [0.15, 0.2) is 24.3 Å². The van der Waals surface area contributed by atoms with E-state index in [0.29, 0.717) is 10.9 Å². The van der Waals surface area contributed by atoms with Crippen molar-refractivity contribution in [2.75, 3.05) is 27.7 Å². The van der Waals surface area contributed by atoms with E-state index in [1.54, 1.807) is 0 Å². The van der Waals surface area contributed by atoms with Gasteiger partial charge in [0.25, 0.3) is 0 Å². The Bertz CT molecular complexity index is 493. The van der Waals surface area contributed by atoms with E-state index in [1.807, 2.05) is 21.1 Å². The lowest BCUT2D eigenvalue weighted by molar-refractivity contribution is -0.875. The van der Waals surface area contributed by atoms with Crippen molar-refractivity contribution < 1.29 is 23.9 Å². The Morgan fingerprint density at radius 1 is 0.786 bits per heavy atom. The van der Waals surface area contributed by atoms with Crippen LogP contribution in [0.25, 0.3) is 0 Å². The molecule has 0 amide bonds. The molecule has 166 valence electrons. The molecule has 0 aliphatic heterocycles. The molecular weight excluding hydrogens is 373 g/mol. The highest BCUT2D eigenvalue weighted by Gasteiger charge is 2.48. The summed E-state index contributed by atoms with van der Waals surface area (Å²) < 4.78 is 12.0. The van der Waals surface area contributed by atoms with E-state index in [-0.39, 0.29) is 13.0 Å². The Morgan fingerprint density at radius 3 is 1.61 bits per heavy atom. The van der Waals surface area contributed by atoms with Crippen LogP contribution in [0.4, 0.5) is 0 Å². The molecule has 0 aromatic heterocycles. The van der Waals surface area contributed by atoms with E-state index in [9.17, 15) is 19.5 Å². The van der Waals surface area contributed by atoms with Gasteiger partial charge in [0.1, 0.15) is 6.54 Å². The second kappa shape index (κ2) is 14.5. The highest BCUT2D eigenvalue weighted by atomic mass is 31.2. The predicted molar refractivity (Wildman–Crippen MR) is 119 cm³/mol. The van der Waals surface area contributed by atoms with Crippen LogP contribution in [0, 0.1) is 0 Å². The van der Waals surface area contributed by atoms with E-state index in [2.05, 4.69) is 31.2 Å². The molecule has 1 atom stereocenters. The maximum atomic E-state index is 11.7. The van der Waals surface area contributed by atoms with Crippen LogP contribution >= 0.6 is 7.60 Å². The summed E-state index contributed by atoms with van der Waals surface area (Å²) in [6.45, 7) is 2.24. The molecule has 0 radical (unpaired) electrons. The van der Waals surface area contributed by atoms with Crippen LogP contribution in [0.3, 0.4) is 0 Å². The zero-order valence-electron chi connectivity index (χ0n) is 18.6. The van der Waals surface area contributed by atoms with Crippen molar-refractivity contribution in [1.82, 2.24) is 0 Å². The smallest absolute Gasteiger partial charge is 0.362 e. The molecule has 0 saturated heterocycles. The summed E-state index contributed by atoms with van der Waals surface area (Å²) in [5, 5.41) is 8.56. The zero-order chi connectivity index (χ0) is 21.5. The molecule has 28 heavy (non-hydrogen) atoms. The monoisotopic (exact) mass is 418 g/mol. The van der Waals surface area contributed by atoms with Gasteiger partial charge in [-0.05, 0) is 57.8 Å². The van der Waals surface area contributed by atoms with Crippen LogP contribution in [0.5, 0.6) is 0 Å². The molecule has 0 rings (SSSR count). The van der Waals surface area contributed by atoms with E-state index in [1.165, 1.54) is 44.9 Å². The van der Waals surface area contributed by atoms with E-state index < -0.39 is 12.9 Å². The van der Waals surface area contributed by atoms with E-state index in [0.717, 1.165) is 19.3 Å². The largest absolute Gasteiger partial charge is 0.373 e. The molecule has 0 saturated carbocycles. The van der Waals surface area contributed by atoms with Crippen molar-refractivity contribution >= 4 is 7.60 Å². The van der Waals surface area contributed by atoms with Gasteiger partial charge >= 0.3 is 7.60 Å². The summed E-state index contributed by atoms with van der Waals surface area (Å²) in [5.41, 5.74) is 0. The third-order valence-electron chi connectivity index (χ3n) is 4.75. The van der Waals surface area contributed by atoms with Crippen LogP contribution in [-0.2, 0) is 4.57 Å². The second-order valence-electron chi connectivity index (χ2n) is 8.94. The van der Waals surface area contributed by atoms with Gasteiger partial charge < -0.3 is 19.4 Å². The number of rotatable bonds is 17. The average Bonchev–Trinajstić information content (AvgIpc) is 2.56. The number of aliphatic hydroxyl groups is 1. The highest BCUT2D eigenvalue weighted by molar-refractivity contribution is 7.53. The number of nitrogens with zero attached hydrogens (tertiary/aromatic N) is 1. The lowest BCUT2D eigenvalue weighted by Crippen LogP contribution is -2.49. The minimum absolute atomic E-state index is 0.0432. The molecule has 3 N–H and O–H groups in total. The summed E-state index contributed by atoms with van der Waals surface area (Å²) in [6, 6.07) is 0. The minimum Gasteiger partial charge on any atom is -0.373 e. The van der Waals surface area contributed by atoms with E-state index >= 15 is 0 Å². The van der Waals surface area contributed by atoms with Gasteiger partial charge in [0.2, 0.25) is 5.34 Å². The summed E-state index contributed by atoms with van der Waals surface area (Å²) in [4.78, 5) is 19.1. The minimum atomic E-state index is -4.55. The Morgan fingerprint density at radius 2 is 1.21 bits per heavy atom. The van der Waals surface area contributed by atoms with Crippen molar-refractivity contribution in [2.45, 2.75) is 89.3 Å². The molecule has 0 aliphatic carbocycles. The first-order valence-electron chi connectivity index (χ1n) is 10.9. The van der Waals surface area contributed by atoms with Crippen molar-refractivity contribution in [1.29, 1.82) is 0 Å². The molecular formula is C22H45NO4P+. The van der Waals surface area contributed by atoms with Crippen molar-refractivity contribution in [3.05, 3.63) is 24.3 Å². The molecule has 0 spiro atoms. The van der Waals surface area contributed by atoms with Gasteiger partial charge in [-0.15, -0.1) is 0 Å². The fraction of sp³-hybridized carbons (Fsp3) is 0.818. The summed E-state index contributed by atoms with van der Waals surface area (Å²) in [6.07, 6.45) is 21.2. The lowest BCUT2D eigenvalue weighted by atomic mass is 10.1. The number of allylic oxidation sites excluding steroid dienone is 4. The molecule has 5 nitrogen and oxygen atoms in total. The Labute approximate surface area is 173 Å². The quantitative estimate of drug-likeness (QED) is 0.128.